The molecule has 0 N–H and O–H groups in total. The lowest BCUT2D eigenvalue weighted by Crippen LogP contribution is -2.36. The van der Waals surface area contributed by atoms with Crippen LogP contribution in [0.3, 0.4) is 0 Å². The molecular formula is C14H26O3. The molecule has 0 aliphatic heterocycles. The third-order valence-corrected chi connectivity index (χ3v) is 3.23. The Morgan fingerprint density at radius 2 is 1.65 bits per heavy atom. The number of rotatable bonds is 6. The van der Waals surface area contributed by atoms with E-state index in [1.165, 1.54) is 0 Å². The maximum Gasteiger partial charge on any atom is 0.139 e. The van der Waals surface area contributed by atoms with Crippen LogP contribution in [0.5, 0.6) is 0 Å². The van der Waals surface area contributed by atoms with Gasteiger partial charge in [-0.2, -0.15) is 0 Å². The fraction of sp³-hybridized carbons (Fsp3) is 0.857. The predicted molar refractivity (Wildman–Crippen MR) is 68.6 cm³/mol. The van der Waals surface area contributed by atoms with Crippen LogP contribution >= 0.6 is 0 Å². The molecule has 0 spiro atoms. The Bertz CT molecular complexity index is 260. The van der Waals surface area contributed by atoms with Crippen molar-refractivity contribution in [3.05, 3.63) is 11.5 Å². The molecule has 0 fully saturated rings. The summed E-state index contributed by atoms with van der Waals surface area (Å²) in [5.74, 6) is 2.77. The Balaban J connectivity index is 2.89. The van der Waals surface area contributed by atoms with Crippen molar-refractivity contribution in [3.8, 4) is 0 Å². The van der Waals surface area contributed by atoms with Crippen LogP contribution in [-0.2, 0) is 14.2 Å². The van der Waals surface area contributed by atoms with Crippen LogP contribution in [0, 0.1) is 11.8 Å². The molecule has 0 radical (unpaired) electrons. The first kappa shape index (κ1) is 14.4. The molecule has 0 aromatic rings. The van der Waals surface area contributed by atoms with Crippen LogP contribution in [0.4, 0.5) is 0 Å². The van der Waals surface area contributed by atoms with Crippen molar-refractivity contribution in [1.82, 2.24) is 0 Å². The summed E-state index contributed by atoms with van der Waals surface area (Å²) < 4.78 is 17.3. The summed E-state index contributed by atoms with van der Waals surface area (Å²) in [6.45, 7) is 12.6. The fourth-order valence-corrected chi connectivity index (χ4v) is 2.58. The van der Waals surface area contributed by atoms with Gasteiger partial charge >= 0.3 is 0 Å². The van der Waals surface area contributed by atoms with Crippen LogP contribution in [0.2, 0.25) is 0 Å². The summed E-state index contributed by atoms with van der Waals surface area (Å²) in [5.41, 5.74) is 0. The summed E-state index contributed by atoms with van der Waals surface area (Å²) in [7, 11) is 0. The third kappa shape index (κ3) is 3.38. The van der Waals surface area contributed by atoms with Gasteiger partial charge in [-0.1, -0.05) is 13.8 Å². The minimum Gasteiger partial charge on any atom is -0.495 e. The van der Waals surface area contributed by atoms with E-state index in [0.29, 0.717) is 19.1 Å². The smallest absolute Gasteiger partial charge is 0.139 e. The van der Waals surface area contributed by atoms with Crippen LogP contribution in [0.15, 0.2) is 11.5 Å². The first-order valence-electron chi connectivity index (χ1n) is 6.75. The third-order valence-electron chi connectivity index (χ3n) is 3.23. The van der Waals surface area contributed by atoms with Gasteiger partial charge < -0.3 is 14.2 Å². The molecule has 3 heteroatoms. The average molecular weight is 242 g/mol. The summed E-state index contributed by atoms with van der Waals surface area (Å²) in [4.78, 5) is 0. The second-order valence-corrected chi connectivity index (χ2v) is 4.54. The number of hydrogen-bond donors (Lipinski definition) is 0. The van der Waals surface area contributed by atoms with Crippen LogP contribution in [-0.4, -0.2) is 25.9 Å². The highest BCUT2D eigenvalue weighted by molar-refractivity contribution is 5.13. The number of ether oxygens (including phenoxy) is 3. The van der Waals surface area contributed by atoms with Crippen LogP contribution < -0.4 is 0 Å². The highest BCUT2D eigenvalue weighted by Crippen LogP contribution is 2.37. The van der Waals surface area contributed by atoms with Gasteiger partial charge in [0.25, 0.3) is 0 Å². The molecule has 0 bridgehead atoms. The molecule has 1 aliphatic rings. The van der Waals surface area contributed by atoms with E-state index >= 15 is 0 Å². The molecule has 0 saturated carbocycles. The lowest BCUT2D eigenvalue weighted by Gasteiger charge is -2.36. The monoisotopic (exact) mass is 242 g/mol. The lowest BCUT2D eigenvalue weighted by atomic mass is 9.83. The highest BCUT2D eigenvalue weighted by Gasteiger charge is 2.36. The summed E-state index contributed by atoms with van der Waals surface area (Å²) in [5, 5.41) is 0. The van der Waals surface area contributed by atoms with E-state index in [9.17, 15) is 0 Å². The number of allylic oxidation sites excluding steroid dienone is 1. The van der Waals surface area contributed by atoms with E-state index in [1.54, 1.807) is 0 Å². The molecule has 3 atom stereocenters. The maximum atomic E-state index is 5.84. The Labute approximate surface area is 105 Å². The Kier molecular flexibility index (Phi) is 5.83. The van der Waals surface area contributed by atoms with Gasteiger partial charge in [0, 0.05) is 18.9 Å². The van der Waals surface area contributed by atoms with Crippen molar-refractivity contribution in [2.24, 2.45) is 11.8 Å². The van der Waals surface area contributed by atoms with E-state index in [1.807, 2.05) is 20.8 Å². The van der Waals surface area contributed by atoms with Gasteiger partial charge in [-0.05, 0) is 26.7 Å². The molecule has 3 unspecified atom stereocenters. The van der Waals surface area contributed by atoms with Gasteiger partial charge in [0.1, 0.15) is 11.5 Å². The lowest BCUT2D eigenvalue weighted by molar-refractivity contribution is -0.0381. The van der Waals surface area contributed by atoms with E-state index in [4.69, 9.17) is 14.2 Å². The van der Waals surface area contributed by atoms with Crippen molar-refractivity contribution in [3.63, 3.8) is 0 Å². The zero-order chi connectivity index (χ0) is 12.8. The fourth-order valence-electron chi connectivity index (χ4n) is 2.58. The van der Waals surface area contributed by atoms with Gasteiger partial charge in [-0.3, -0.25) is 0 Å². The van der Waals surface area contributed by atoms with Crippen molar-refractivity contribution in [2.45, 2.75) is 47.1 Å². The van der Waals surface area contributed by atoms with Crippen molar-refractivity contribution in [2.75, 3.05) is 19.8 Å². The standard InChI is InChI=1S/C14H26O3/c1-6-15-12-9-10(4)13(16-7-2)11(5)14(12)17-8-3/h10-11,13H,6-9H2,1-5H3. The minimum atomic E-state index is 0.241. The Morgan fingerprint density at radius 3 is 2.18 bits per heavy atom. The molecule has 1 rings (SSSR count). The molecule has 0 saturated heterocycles. The van der Waals surface area contributed by atoms with Crippen LogP contribution in [0.25, 0.3) is 0 Å². The van der Waals surface area contributed by atoms with Crippen molar-refractivity contribution >= 4 is 0 Å². The molecule has 1 aliphatic carbocycles. The Morgan fingerprint density at radius 1 is 1.00 bits per heavy atom. The first-order chi connectivity index (χ1) is 8.15. The Hall–Kier alpha value is -0.700. The SMILES string of the molecule is CCOC1=C(OCC)C(C)C(OCC)C(C)C1. The largest absolute Gasteiger partial charge is 0.495 e. The number of hydrogen-bond acceptors (Lipinski definition) is 3. The van der Waals surface area contributed by atoms with Crippen molar-refractivity contribution < 1.29 is 14.2 Å². The second-order valence-electron chi connectivity index (χ2n) is 4.54. The van der Waals surface area contributed by atoms with E-state index in [0.717, 1.165) is 24.5 Å². The topological polar surface area (TPSA) is 27.7 Å². The summed E-state index contributed by atoms with van der Waals surface area (Å²) in [6.07, 6.45) is 1.16. The second kappa shape index (κ2) is 6.90. The van der Waals surface area contributed by atoms with Gasteiger partial charge in [-0.15, -0.1) is 0 Å². The molecular weight excluding hydrogens is 216 g/mol. The maximum absolute atomic E-state index is 5.84. The van der Waals surface area contributed by atoms with Gasteiger partial charge in [-0.25, -0.2) is 0 Å². The summed E-state index contributed by atoms with van der Waals surface area (Å²) in [6, 6.07) is 0. The average Bonchev–Trinajstić information content (AvgIpc) is 2.30. The zero-order valence-electron chi connectivity index (χ0n) is 11.8. The van der Waals surface area contributed by atoms with E-state index in [-0.39, 0.29) is 12.0 Å². The molecule has 0 aromatic carbocycles. The molecule has 17 heavy (non-hydrogen) atoms. The first-order valence-corrected chi connectivity index (χ1v) is 6.75. The van der Waals surface area contributed by atoms with Gasteiger partial charge in [0.2, 0.25) is 0 Å². The molecule has 100 valence electrons. The van der Waals surface area contributed by atoms with E-state index in [2.05, 4.69) is 13.8 Å². The molecule has 3 nitrogen and oxygen atoms in total. The molecule has 0 aromatic heterocycles. The van der Waals surface area contributed by atoms with Gasteiger partial charge in [0.15, 0.2) is 0 Å². The molecule has 0 heterocycles. The van der Waals surface area contributed by atoms with E-state index < -0.39 is 0 Å². The predicted octanol–water partition coefficient (Wildman–Crippen LogP) is 3.35. The van der Waals surface area contributed by atoms with Gasteiger partial charge in [0.05, 0.1) is 19.3 Å². The van der Waals surface area contributed by atoms with Crippen LogP contribution in [0.1, 0.15) is 41.0 Å². The summed E-state index contributed by atoms with van der Waals surface area (Å²) >= 11 is 0. The molecule has 0 amide bonds. The quantitative estimate of drug-likeness (QED) is 0.715. The zero-order valence-corrected chi connectivity index (χ0v) is 11.8. The highest BCUT2D eigenvalue weighted by atomic mass is 16.5. The van der Waals surface area contributed by atoms with Crippen molar-refractivity contribution in [1.29, 1.82) is 0 Å². The minimum absolute atomic E-state index is 0.241. The normalized spacial score (nSPS) is 29.4.